The third-order valence-electron chi connectivity index (χ3n) is 4.19. The summed E-state index contributed by atoms with van der Waals surface area (Å²) in [5, 5.41) is 5.55. The summed E-state index contributed by atoms with van der Waals surface area (Å²) in [7, 11) is 3.08. The molecule has 3 aromatic rings. The van der Waals surface area contributed by atoms with Gasteiger partial charge in [0.1, 0.15) is 17.2 Å². The lowest BCUT2D eigenvalue weighted by molar-refractivity contribution is 0.102. The Morgan fingerprint density at radius 2 is 1.72 bits per heavy atom. The highest BCUT2D eigenvalue weighted by atomic mass is 16.5. The van der Waals surface area contributed by atoms with Crippen molar-refractivity contribution in [1.82, 2.24) is 4.98 Å². The zero-order valence-corrected chi connectivity index (χ0v) is 16.4. The maximum absolute atomic E-state index is 12.7. The van der Waals surface area contributed by atoms with Crippen LogP contribution in [-0.4, -0.2) is 31.0 Å². The fourth-order valence-corrected chi connectivity index (χ4v) is 2.71. The van der Waals surface area contributed by atoms with Crippen LogP contribution in [0, 0.1) is 6.92 Å². The number of aryl methyl sites for hydroxylation is 1. The molecule has 0 fully saturated rings. The van der Waals surface area contributed by atoms with Crippen LogP contribution in [0.15, 0.2) is 60.8 Å². The Labute approximate surface area is 168 Å². The molecule has 2 amide bonds. The summed E-state index contributed by atoms with van der Waals surface area (Å²) < 4.78 is 10.4. The Morgan fingerprint density at radius 3 is 2.48 bits per heavy atom. The number of hydrogen-bond acceptors (Lipinski definition) is 5. The molecule has 0 radical (unpaired) electrons. The lowest BCUT2D eigenvalue weighted by Gasteiger charge is -2.11. The largest absolute Gasteiger partial charge is 0.497 e. The van der Waals surface area contributed by atoms with Crippen LogP contribution >= 0.6 is 0 Å². The molecule has 2 N–H and O–H groups in total. The smallest absolute Gasteiger partial charge is 0.274 e. The second-order valence-electron chi connectivity index (χ2n) is 6.27. The third kappa shape index (κ3) is 4.90. The number of hydrogen-bond donors (Lipinski definition) is 2. The number of benzene rings is 2. The highest BCUT2D eigenvalue weighted by molar-refractivity contribution is 6.08. The van der Waals surface area contributed by atoms with Crippen molar-refractivity contribution in [3.8, 4) is 11.5 Å². The topological polar surface area (TPSA) is 89.5 Å². The Morgan fingerprint density at radius 1 is 0.897 bits per heavy atom. The first kappa shape index (κ1) is 19.9. The number of nitrogens with zero attached hydrogens (tertiary/aromatic N) is 1. The molecule has 1 heterocycles. The molecular weight excluding hydrogens is 370 g/mol. The second-order valence-corrected chi connectivity index (χ2v) is 6.27. The van der Waals surface area contributed by atoms with E-state index in [-0.39, 0.29) is 11.6 Å². The molecule has 0 saturated heterocycles. The van der Waals surface area contributed by atoms with Gasteiger partial charge in [0.25, 0.3) is 11.8 Å². The number of carbonyl (C=O) groups excluding carboxylic acids is 2. The summed E-state index contributed by atoms with van der Waals surface area (Å²) >= 11 is 0. The van der Waals surface area contributed by atoms with Crippen LogP contribution in [0.2, 0.25) is 0 Å². The second kappa shape index (κ2) is 8.88. The number of methoxy groups -OCH3 is 2. The van der Waals surface area contributed by atoms with Gasteiger partial charge in [-0.3, -0.25) is 14.6 Å². The minimum Gasteiger partial charge on any atom is -0.497 e. The highest BCUT2D eigenvalue weighted by Crippen LogP contribution is 2.26. The van der Waals surface area contributed by atoms with E-state index in [0.717, 1.165) is 5.56 Å². The standard InChI is InChI=1S/C22H21N3O4/c1-14-7-8-20(29-3)18(11-14)25-21(26)15-9-10-23-19(12-15)22(27)24-16-5-4-6-17(13-16)28-2/h4-13H,1-3H3,(H,24,27)(H,25,26). The maximum Gasteiger partial charge on any atom is 0.274 e. The molecule has 0 saturated carbocycles. The number of amides is 2. The summed E-state index contributed by atoms with van der Waals surface area (Å²) in [6.07, 6.45) is 1.42. The van der Waals surface area contributed by atoms with Crippen LogP contribution < -0.4 is 20.1 Å². The van der Waals surface area contributed by atoms with Gasteiger partial charge in [-0.1, -0.05) is 12.1 Å². The normalized spacial score (nSPS) is 10.2. The van der Waals surface area contributed by atoms with Gasteiger partial charge >= 0.3 is 0 Å². The van der Waals surface area contributed by atoms with Crippen LogP contribution in [0.25, 0.3) is 0 Å². The molecular formula is C22H21N3O4. The van der Waals surface area contributed by atoms with Crippen LogP contribution in [0.1, 0.15) is 26.4 Å². The minimum absolute atomic E-state index is 0.122. The quantitative estimate of drug-likeness (QED) is 0.665. The average molecular weight is 391 g/mol. The van der Waals surface area contributed by atoms with Gasteiger partial charge in [-0.05, 0) is 48.9 Å². The number of anilines is 2. The van der Waals surface area contributed by atoms with Crippen molar-refractivity contribution in [2.45, 2.75) is 6.92 Å². The predicted octanol–water partition coefficient (Wildman–Crippen LogP) is 3.91. The highest BCUT2D eigenvalue weighted by Gasteiger charge is 2.14. The first-order valence-corrected chi connectivity index (χ1v) is 8.87. The number of rotatable bonds is 6. The molecule has 3 rings (SSSR count). The summed E-state index contributed by atoms with van der Waals surface area (Å²) in [5.41, 5.74) is 2.53. The van der Waals surface area contributed by atoms with E-state index in [1.807, 2.05) is 19.1 Å². The van der Waals surface area contributed by atoms with Crippen LogP contribution in [-0.2, 0) is 0 Å². The molecule has 29 heavy (non-hydrogen) atoms. The van der Waals surface area contributed by atoms with E-state index >= 15 is 0 Å². The Kier molecular flexibility index (Phi) is 6.09. The molecule has 0 bridgehead atoms. The third-order valence-corrected chi connectivity index (χ3v) is 4.19. The van der Waals surface area contributed by atoms with Gasteiger partial charge in [-0.2, -0.15) is 0 Å². The van der Waals surface area contributed by atoms with E-state index in [4.69, 9.17) is 9.47 Å². The summed E-state index contributed by atoms with van der Waals surface area (Å²) in [5.74, 6) is 0.373. The fourth-order valence-electron chi connectivity index (χ4n) is 2.71. The van der Waals surface area contributed by atoms with Crippen molar-refractivity contribution in [2.75, 3.05) is 24.9 Å². The molecule has 7 heteroatoms. The van der Waals surface area contributed by atoms with E-state index in [1.54, 1.807) is 43.5 Å². The Balaban J connectivity index is 1.77. The predicted molar refractivity (Wildman–Crippen MR) is 111 cm³/mol. The molecule has 0 unspecified atom stereocenters. The first-order valence-electron chi connectivity index (χ1n) is 8.87. The first-order chi connectivity index (χ1) is 14.0. The number of ether oxygens (including phenoxy) is 2. The van der Waals surface area contributed by atoms with Crippen molar-refractivity contribution in [2.24, 2.45) is 0 Å². The molecule has 2 aromatic carbocycles. The van der Waals surface area contributed by atoms with Crippen molar-refractivity contribution >= 4 is 23.2 Å². The SMILES string of the molecule is COc1cccc(NC(=O)c2cc(C(=O)Nc3cc(C)ccc3OC)ccn2)c1. The lowest BCUT2D eigenvalue weighted by atomic mass is 10.1. The van der Waals surface area contributed by atoms with Gasteiger partial charge in [-0.15, -0.1) is 0 Å². The molecule has 148 valence electrons. The molecule has 0 atom stereocenters. The van der Waals surface area contributed by atoms with Gasteiger partial charge in [0, 0.05) is 23.5 Å². The summed E-state index contributed by atoms with van der Waals surface area (Å²) in [6.45, 7) is 1.92. The Bertz CT molecular complexity index is 1050. The van der Waals surface area contributed by atoms with E-state index < -0.39 is 5.91 Å². The summed E-state index contributed by atoms with van der Waals surface area (Å²) in [6, 6.07) is 15.4. The molecule has 0 aliphatic carbocycles. The number of pyridine rings is 1. The van der Waals surface area contributed by atoms with Crippen molar-refractivity contribution in [3.63, 3.8) is 0 Å². The Hall–Kier alpha value is -3.87. The van der Waals surface area contributed by atoms with E-state index in [0.29, 0.717) is 28.4 Å². The van der Waals surface area contributed by atoms with E-state index in [1.165, 1.54) is 19.4 Å². The fraction of sp³-hybridized carbons (Fsp3) is 0.136. The number of aromatic nitrogens is 1. The zero-order valence-electron chi connectivity index (χ0n) is 16.4. The van der Waals surface area contributed by atoms with Crippen molar-refractivity contribution < 1.29 is 19.1 Å². The van der Waals surface area contributed by atoms with Gasteiger partial charge < -0.3 is 20.1 Å². The van der Waals surface area contributed by atoms with E-state index in [2.05, 4.69) is 15.6 Å². The van der Waals surface area contributed by atoms with Crippen LogP contribution in [0.4, 0.5) is 11.4 Å². The minimum atomic E-state index is -0.430. The molecule has 0 aliphatic rings. The monoisotopic (exact) mass is 391 g/mol. The maximum atomic E-state index is 12.7. The zero-order chi connectivity index (χ0) is 20.8. The van der Waals surface area contributed by atoms with Crippen molar-refractivity contribution in [3.05, 3.63) is 77.6 Å². The van der Waals surface area contributed by atoms with Gasteiger partial charge in [-0.25, -0.2) is 0 Å². The van der Waals surface area contributed by atoms with Gasteiger partial charge in [0.2, 0.25) is 0 Å². The molecule has 0 aliphatic heterocycles. The number of carbonyl (C=O) groups is 2. The molecule has 0 spiro atoms. The lowest BCUT2D eigenvalue weighted by Crippen LogP contribution is -2.17. The van der Waals surface area contributed by atoms with Crippen LogP contribution in [0.3, 0.4) is 0 Å². The van der Waals surface area contributed by atoms with Crippen molar-refractivity contribution in [1.29, 1.82) is 0 Å². The summed E-state index contributed by atoms with van der Waals surface area (Å²) in [4.78, 5) is 29.3. The number of nitrogens with one attached hydrogen (secondary N) is 2. The molecule has 7 nitrogen and oxygen atoms in total. The van der Waals surface area contributed by atoms with E-state index in [9.17, 15) is 9.59 Å². The molecule has 1 aromatic heterocycles. The van der Waals surface area contributed by atoms with Gasteiger partial charge in [0.15, 0.2) is 0 Å². The van der Waals surface area contributed by atoms with Crippen LogP contribution in [0.5, 0.6) is 11.5 Å². The van der Waals surface area contributed by atoms with Gasteiger partial charge in [0.05, 0.1) is 19.9 Å². The average Bonchev–Trinajstić information content (AvgIpc) is 2.74.